The zero-order chi connectivity index (χ0) is 42.1. The molecule has 0 heterocycles. The molecule has 3 atom stereocenters. The van der Waals surface area contributed by atoms with E-state index in [-0.39, 0.29) is 19.1 Å². The fourth-order valence-corrected chi connectivity index (χ4v) is 8.07. The number of phosphoric acid groups is 1. The van der Waals surface area contributed by atoms with E-state index in [1.807, 2.05) is 21.1 Å². The number of rotatable bonds is 45. The maximum absolute atomic E-state index is 12.9. The van der Waals surface area contributed by atoms with Gasteiger partial charge >= 0.3 is 7.82 Å². The summed E-state index contributed by atoms with van der Waals surface area (Å²) < 4.78 is 23.7. The van der Waals surface area contributed by atoms with Crippen molar-refractivity contribution in [3.8, 4) is 0 Å². The summed E-state index contributed by atoms with van der Waals surface area (Å²) >= 11 is 0. The molecule has 57 heavy (non-hydrogen) atoms. The van der Waals surface area contributed by atoms with Crippen molar-refractivity contribution in [3.05, 3.63) is 12.2 Å². The van der Waals surface area contributed by atoms with Crippen LogP contribution in [-0.4, -0.2) is 73.4 Å². The van der Waals surface area contributed by atoms with Crippen molar-refractivity contribution in [2.24, 2.45) is 0 Å². The van der Waals surface area contributed by atoms with Gasteiger partial charge in [0.05, 0.1) is 39.9 Å². The Bertz CT molecular complexity index is 942. The van der Waals surface area contributed by atoms with Crippen LogP contribution in [0, 0.1) is 0 Å². The number of aliphatic hydroxyl groups is 1. The number of carbonyl (C=O) groups excluding carboxylic acids is 1. The highest BCUT2D eigenvalue weighted by Gasteiger charge is 2.28. The molecule has 0 aliphatic rings. The van der Waals surface area contributed by atoms with Crippen molar-refractivity contribution in [2.75, 3.05) is 40.9 Å². The minimum Gasteiger partial charge on any atom is -0.391 e. The van der Waals surface area contributed by atoms with E-state index in [4.69, 9.17) is 9.05 Å². The van der Waals surface area contributed by atoms with E-state index in [1.54, 1.807) is 0 Å². The summed E-state index contributed by atoms with van der Waals surface area (Å²) in [5.74, 6) is -0.150. The van der Waals surface area contributed by atoms with Crippen LogP contribution in [0.2, 0.25) is 0 Å². The monoisotopic (exact) mass is 830 g/mol. The van der Waals surface area contributed by atoms with Crippen molar-refractivity contribution in [1.82, 2.24) is 5.32 Å². The van der Waals surface area contributed by atoms with Gasteiger partial charge in [0, 0.05) is 6.42 Å². The first kappa shape index (κ1) is 56.2. The number of unbranched alkanes of at least 4 members (excludes halogenated alkanes) is 30. The number of hydrogen-bond acceptors (Lipinski definition) is 5. The van der Waals surface area contributed by atoms with Gasteiger partial charge in [-0.2, -0.15) is 0 Å². The molecule has 0 aromatic heterocycles. The minimum absolute atomic E-state index is 0.0724. The van der Waals surface area contributed by atoms with Crippen LogP contribution in [-0.2, 0) is 18.4 Å². The van der Waals surface area contributed by atoms with E-state index >= 15 is 0 Å². The second kappa shape index (κ2) is 40.6. The third kappa shape index (κ3) is 43.1. The molecule has 0 spiro atoms. The lowest BCUT2D eigenvalue weighted by Crippen LogP contribution is -2.46. The van der Waals surface area contributed by atoms with Gasteiger partial charge in [0.1, 0.15) is 13.2 Å². The second-order valence-corrected chi connectivity index (χ2v) is 19.6. The molecule has 0 aromatic carbocycles. The molecule has 0 aromatic rings. The Balaban J connectivity index is 4.27. The Morgan fingerprint density at radius 3 is 1.35 bits per heavy atom. The quantitative estimate of drug-likeness (QED) is 0.0244. The summed E-state index contributed by atoms with van der Waals surface area (Å²) in [6.45, 7) is 4.89. The number of nitrogens with one attached hydrogen (secondary N) is 1. The van der Waals surface area contributed by atoms with Gasteiger partial charge in [0.15, 0.2) is 0 Å². The van der Waals surface area contributed by atoms with Crippen molar-refractivity contribution < 1.29 is 32.9 Å². The zero-order valence-corrected chi connectivity index (χ0v) is 39.5. The van der Waals surface area contributed by atoms with E-state index < -0.39 is 20.0 Å². The summed E-state index contributed by atoms with van der Waals surface area (Å²) in [5.41, 5.74) is 0. The van der Waals surface area contributed by atoms with Gasteiger partial charge in [-0.05, 0) is 38.5 Å². The molecular formula is C48H98N2O6P+. The van der Waals surface area contributed by atoms with Gasteiger partial charge < -0.3 is 19.8 Å². The largest absolute Gasteiger partial charge is 0.472 e. The second-order valence-electron chi connectivity index (χ2n) is 18.2. The zero-order valence-electron chi connectivity index (χ0n) is 38.6. The first-order chi connectivity index (χ1) is 27.5. The molecule has 0 aliphatic carbocycles. The molecule has 8 nitrogen and oxygen atoms in total. The molecule has 0 rings (SSSR count). The van der Waals surface area contributed by atoms with Gasteiger partial charge in [-0.3, -0.25) is 13.8 Å². The van der Waals surface area contributed by atoms with Gasteiger partial charge in [-0.15, -0.1) is 0 Å². The van der Waals surface area contributed by atoms with Crippen LogP contribution in [0.1, 0.15) is 239 Å². The number of allylic oxidation sites excluding steroid dienone is 2. The highest BCUT2D eigenvalue weighted by Crippen LogP contribution is 2.43. The molecule has 0 fully saturated rings. The average Bonchev–Trinajstić information content (AvgIpc) is 3.16. The van der Waals surface area contributed by atoms with Crippen LogP contribution < -0.4 is 5.32 Å². The Hall–Kier alpha value is -0.760. The maximum atomic E-state index is 12.9. The van der Waals surface area contributed by atoms with Gasteiger partial charge in [-0.1, -0.05) is 206 Å². The van der Waals surface area contributed by atoms with E-state index in [2.05, 4.69) is 31.3 Å². The number of aliphatic hydroxyl groups excluding tert-OH is 1. The number of quaternary nitrogens is 1. The number of carbonyl (C=O) groups is 1. The molecule has 0 radical (unpaired) electrons. The minimum atomic E-state index is -4.32. The topological polar surface area (TPSA) is 105 Å². The lowest BCUT2D eigenvalue weighted by atomic mass is 10.0. The Morgan fingerprint density at radius 1 is 0.579 bits per heavy atom. The van der Waals surface area contributed by atoms with Gasteiger partial charge in [0.25, 0.3) is 0 Å². The summed E-state index contributed by atoms with van der Waals surface area (Å²) in [6, 6.07) is -0.771. The number of likely N-dealkylation sites (N-methyl/N-ethyl adjacent to an activating group) is 1. The lowest BCUT2D eigenvalue weighted by Gasteiger charge is -2.26. The molecule has 1 unspecified atom stereocenters. The van der Waals surface area contributed by atoms with Crippen molar-refractivity contribution >= 4 is 13.7 Å². The normalized spacial score (nSPS) is 14.3. The molecule has 3 N–H and O–H groups in total. The summed E-state index contributed by atoms with van der Waals surface area (Å²) in [4.78, 5) is 23.2. The van der Waals surface area contributed by atoms with E-state index in [0.717, 1.165) is 44.9 Å². The molecule has 1 amide bonds. The van der Waals surface area contributed by atoms with Crippen molar-refractivity contribution in [1.29, 1.82) is 0 Å². The van der Waals surface area contributed by atoms with Gasteiger partial charge in [-0.25, -0.2) is 4.57 Å². The molecule has 0 bridgehead atoms. The lowest BCUT2D eigenvalue weighted by molar-refractivity contribution is -0.870. The maximum Gasteiger partial charge on any atom is 0.472 e. The highest BCUT2D eigenvalue weighted by molar-refractivity contribution is 7.47. The van der Waals surface area contributed by atoms with Crippen LogP contribution in [0.3, 0.4) is 0 Å². The fourth-order valence-electron chi connectivity index (χ4n) is 7.34. The number of hydrogen-bond donors (Lipinski definition) is 3. The SMILES string of the molecule is CCCCCCCCCCC/C=C/CCCC[C@@H](O)[C@H](COP(=O)(O)OCC[N+](C)(C)C)NC(=O)CCCCCCCCCCCCCCCCCCCCCC. The van der Waals surface area contributed by atoms with Crippen molar-refractivity contribution in [2.45, 2.75) is 251 Å². The average molecular weight is 830 g/mol. The molecule has 0 saturated heterocycles. The molecule has 340 valence electrons. The molecule has 0 saturated carbocycles. The Kier molecular flexibility index (Phi) is 40.1. The van der Waals surface area contributed by atoms with Crippen LogP contribution in [0.15, 0.2) is 12.2 Å². The first-order valence-corrected chi connectivity index (χ1v) is 26.0. The molecule has 0 aliphatic heterocycles. The third-order valence-corrected chi connectivity index (χ3v) is 12.2. The molecule has 9 heteroatoms. The highest BCUT2D eigenvalue weighted by atomic mass is 31.2. The van der Waals surface area contributed by atoms with Crippen LogP contribution in [0.4, 0.5) is 0 Å². The standard InChI is InChI=1S/C48H97N2O6P/c1-6-8-10-12-14-16-18-20-22-23-24-25-26-28-30-32-34-36-38-40-42-48(52)49-46(45-56-57(53,54)55-44-43-50(3,4)5)47(51)41-39-37-35-33-31-29-27-21-19-17-15-13-11-9-7-2/h31,33,46-47,51H,6-30,32,34-45H2,1-5H3,(H-,49,52,53,54)/p+1/b33-31+/t46-,47+/m0/s1. The summed E-state index contributed by atoms with van der Waals surface area (Å²) in [6.07, 6.45) is 46.7. The smallest absolute Gasteiger partial charge is 0.391 e. The summed E-state index contributed by atoms with van der Waals surface area (Å²) in [7, 11) is 1.61. The van der Waals surface area contributed by atoms with E-state index in [9.17, 15) is 19.4 Å². The third-order valence-electron chi connectivity index (χ3n) is 11.3. The van der Waals surface area contributed by atoms with Crippen LogP contribution in [0.5, 0.6) is 0 Å². The summed E-state index contributed by atoms with van der Waals surface area (Å²) in [5, 5.41) is 14.0. The van der Waals surface area contributed by atoms with E-state index in [1.165, 1.54) is 167 Å². The predicted molar refractivity (Wildman–Crippen MR) is 245 cm³/mol. The Labute approximate surface area is 354 Å². The van der Waals surface area contributed by atoms with Crippen LogP contribution in [0.25, 0.3) is 0 Å². The number of nitrogens with zero attached hydrogens (tertiary/aromatic N) is 1. The Morgan fingerprint density at radius 2 is 0.947 bits per heavy atom. The van der Waals surface area contributed by atoms with Crippen LogP contribution >= 0.6 is 7.82 Å². The van der Waals surface area contributed by atoms with Crippen molar-refractivity contribution in [3.63, 3.8) is 0 Å². The molecular weight excluding hydrogens is 732 g/mol. The first-order valence-electron chi connectivity index (χ1n) is 24.6. The number of phosphoric ester groups is 1. The number of amides is 1. The predicted octanol–water partition coefficient (Wildman–Crippen LogP) is 13.9. The van der Waals surface area contributed by atoms with E-state index in [0.29, 0.717) is 23.9 Å². The van der Waals surface area contributed by atoms with Gasteiger partial charge in [0.2, 0.25) is 5.91 Å². The fraction of sp³-hybridized carbons (Fsp3) is 0.938.